The molecule has 1 aliphatic heterocycles. The highest BCUT2D eigenvalue weighted by Gasteiger charge is 2.18. The normalized spacial score (nSPS) is 12.1. The quantitative estimate of drug-likeness (QED) is 0.625. The average molecular weight is 402 g/mol. The van der Waals surface area contributed by atoms with Gasteiger partial charge in [-0.2, -0.15) is 0 Å². The van der Waals surface area contributed by atoms with E-state index >= 15 is 0 Å². The average Bonchev–Trinajstić information content (AvgIpc) is 3.34. The molecule has 28 heavy (non-hydrogen) atoms. The van der Waals surface area contributed by atoms with Gasteiger partial charge in [0.05, 0.1) is 18.5 Å². The van der Waals surface area contributed by atoms with Crippen molar-refractivity contribution in [3.63, 3.8) is 0 Å². The summed E-state index contributed by atoms with van der Waals surface area (Å²) in [6.07, 6.45) is 1.57. The van der Waals surface area contributed by atoms with Crippen LogP contribution < -0.4 is 14.8 Å². The minimum atomic E-state index is -0.719. The van der Waals surface area contributed by atoms with E-state index in [-0.39, 0.29) is 17.6 Å². The molecule has 3 aromatic rings. The second kappa shape index (κ2) is 7.85. The van der Waals surface area contributed by atoms with Gasteiger partial charge >= 0.3 is 0 Å². The highest BCUT2D eigenvalue weighted by molar-refractivity contribution is 7.80. The van der Waals surface area contributed by atoms with Crippen LogP contribution in [0.2, 0.25) is 0 Å². The van der Waals surface area contributed by atoms with Gasteiger partial charge in [-0.25, -0.2) is 8.78 Å². The first kappa shape index (κ1) is 18.2. The molecule has 0 spiro atoms. The minimum Gasteiger partial charge on any atom is -0.467 e. The Bertz CT molecular complexity index is 995. The number of ether oxygens (including phenoxy) is 2. The fourth-order valence-electron chi connectivity index (χ4n) is 2.83. The first-order valence-corrected chi connectivity index (χ1v) is 8.91. The number of thiocarbonyl (C=S) groups is 1. The first-order chi connectivity index (χ1) is 13.6. The third kappa shape index (κ3) is 4.07. The van der Waals surface area contributed by atoms with Crippen molar-refractivity contribution in [2.75, 3.05) is 12.1 Å². The smallest absolute Gasteiger partial charge is 0.231 e. The van der Waals surface area contributed by atoms with Gasteiger partial charge in [0.15, 0.2) is 16.6 Å². The van der Waals surface area contributed by atoms with Crippen LogP contribution in [0.25, 0.3) is 0 Å². The fourth-order valence-corrected chi connectivity index (χ4v) is 3.07. The summed E-state index contributed by atoms with van der Waals surface area (Å²) < 4.78 is 43.3. The summed E-state index contributed by atoms with van der Waals surface area (Å²) in [5.41, 5.74) is 1.03. The Kier molecular flexibility index (Phi) is 5.12. The number of anilines is 1. The standard InChI is InChI=1S/C20H16F2N2O3S/c21-14-4-5-17(16(22)9-14)23-20(28)24(11-15-2-1-7-25-15)10-13-3-6-18-19(8-13)27-12-26-18/h1-9H,10-12H2,(H,23,28). The lowest BCUT2D eigenvalue weighted by Crippen LogP contribution is -2.34. The molecule has 1 aromatic heterocycles. The molecule has 0 saturated carbocycles. The number of halogens is 2. The van der Waals surface area contributed by atoms with Gasteiger partial charge in [0.1, 0.15) is 17.4 Å². The van der Waals surface area contributed by atoms with Crippen molar-refractivity contribution in [3.8, 4) is 11.5 Å². The summed E-state index contributed by atoms with van der Waals surface area (Å²) in [6.45, 7) is 0.987. The number of nitrogens with zero attached hydrogens (tertiary/aromatic N) is 1. The number of benzene rings is 2. The summed E-state index contributed by atoms with van der Waals surface area (Å²) in [6, 6.07) is 12.5. The second-order valence-corrected chi connectivity index (χ2v) is 6.56. The number of hydrogen-bond acceptors (Lipinski definition) is 4. The SMILES string of the molecule is Fc1ccc(NC(=S)N(Cc2ccc3c(c2)OCO3)Cc2ccco2)c(F)c1. The van der Waals surface area contributed by atoms with Crippen molar-refractivity contribution in [1.82, 2.24) is 4.90 Å². The largest absolute Gasteiger partial charge is 0.467 e. The van der Waals surface area contributed by atoms with Gasteiger partial charge in [-0.15, -0.1) is 0 Å². The first-order valence-electron chi connectivity index (χ1n) is 8.50. The third-order valence-electron chi connectivity index (χ3n) is 4.20. The molecule has 0 amide bonds. The van der Waals surface area contributed by atoms with E-state index in [9.17, 15) is 8.78 Å². The molecule has 0 radical (unpaired) electrons. The number of hydrogen-bond donors (Lipinski definition) is 1. The lowest BCUT2D eigenvalue weighted by atomic mass is 10.2. The van der Waals surface area contributed by atoms with Crippen molar-refractivity contribution < 1.29 is 22.7 Å². The molecule has 0 bridgehead atoms. The Morgan fingerprint density at radius 1 is 1.04 bits per heavy atom. The molecular weight excluding hydrogens is 386 g/mol. The van der Waals surface area contributed by atoms with Crippen LogP contribution >= 0.6 is 12.2 Å². The van der Waals surface area contributed by atoms with Crippen LogP contribution in [0.5, 0.6) is 11.5 Å². The van der Waals surface area contributed by atoms with E-state index in [1.807, 2.05) is 29.2 Å². The highest BCUT2D eigenvalue weighted by Crippen LogP contribution is 2.33. The molecule has 0 fully saturated rings. The summed E-state index contributed by atoms with van der Waals surface area (Å²) >= 11 is 5.48. The number of nitrogens with one attached hydrogen (secondary N) is 1. The Hall–Kier alpha value is -3.13. The predicted molar refractivity (Wildman–Crippen MR) is 103 cm³/mol. The van der Waals surface area contributed by atoms with Crippen molar-refractivity contribution >= 4 is 23.0 Å². The summed E-state index contributed by atoms with van der Waals surface area (Å²) in [7, 11) is 0. The van der Waals surface area contributed by atoms with Gasteiger partial charge in [0, 0.05) is 12.6 Å². The third-order valence-corrected chi connectivity index (χ3v) is 4.56. The maximum Gasteiger partial charge on any atom is 0.231 e. The van der Waals surface area contributed by atoms with Crippen LogP contribution in [0.3, 0.4) is 0 Å². The molecule has 0 saturated heterocycles. The summed E-state index contributed by atoms with van der Waals surface area (Å²) in [4.78, 5) is 1.81. The molecule has 1 N–H and O–H groups in total. The molecule has 1 aliphatic rings. The fraction of sp³-hybridized carbons (Fsp3) is 0.150. The molecule has 2 heterocycles. The van der Waals surface area contributed by atoms with Gasteiger partial charge in [-0.05, 0) is 54.2 Å². The molecule has 0 unspecified atom stereocenters. The Labute approximate surface area is 165 Å². The van der Waals surface area contributed by atoms with E-state index in [1.54, 1.807) is 12.3 Å². The van der Waals surface area contributed by atoms with Crippen LogP contribution in [0.4, 0.5) is 14.5 Å². The number of rotatable bonds is 5. The van der Waals surface area contributed by atoms with E-state index in [0.717, 1.165) is 11.6 Å². The summed E-state index contributed by atoms with van der Waals surface area (Å²) in [5, 5.41) is 3.12. The van der Waals surface area contributed by atoms with Gasteiger partial charge in [0.2, 0.25) is 6.79 Å². The second-order valence-electron chi connectivity index (χ2n) is 6.18. The zero-order chi connectivity index (χ0) is 19.5. The highest BCUT2D eigenvalue weighted by atomic mass is 32.1. The molecular formula is C20H16F2N2O3S. The molecule has 2 aromatic carbocycles. The van der Waals surface area contributed by atoms with Crippen LogP contribution in [-0.2, 0) is 13.1 Å². The molecule has 4 rings (SSSR count). The maximum atomic E-state index is 14.0. The minimum absolute atomic E-state index is 0.0986. The van der Waals surface area contributed by atoms with Gasteiger partial charge < -0.3 is 24.1 Å². The topological polar surface area (TPSA) is 46.9 Å². The van der Waals surface area contributed by atoms with E-state index in [0.29, 0.717) is 30.3 Å². The van der Waals surface area contributed by atoms with Crippen LogP contribution in [-0.4, -0.2) is 16.8 Å². The lowest BCUT2D eigenvalue weighted by molar-refractivity contribution is 0.174. The van der Waals surface area contributed by atoms with Crippen LogP contribution in [0, 0.1) is 11.6 Å². The van der Waals surface area contributed by atoms with Crippen molar-refractivity contribution in [2.24, 2.45) is 0 Å². The Morgan fingerprint density at radius 3 is 2.68 bits per heavy atom. The van der Waals surface area contributed by atoms with Gasteiger partial charge in [-0.1, -0.05) is 6.07 Å². The van der Waals surface area contributed by atoms with E-state index in [2.05, 4.69) is 5.32 Å². The molecule has 8 heteroatoms. The van der Waals surface area contributed by atoms with E-state index in [1.165, 1.54) is 12.1 Å². The van der Waals surface area contributed by atoms with E-state index in [4.69, 9.17) is 26.1 Å². The summed E-state index contributed by atoms with van der Waals surface area (Å²) in [5.74, 6) is 0.684. The van der Waals surface area contributed by atoms with Crippen molar-refractivity contribution in [3.05, 3.63) is 77.8 Å². The van der Waals surface area contributed by atoms with Gasteiger partial charge in [-0.3, -0.25) is 0 Å². The zero-order valence-corrected chi connectivity index (χ0v) is 15.5. The number of furan rings is 1. The lowest BCUT2D eigenvalue weighted by Gasteiger charge is -2.25. The predicted octanol–water partition coefficient (Wildman–Crippen LogP) is 4.69. The Morgan fingerprint density at radius 2 is 1.89 bits per heavy atom. The molecule has 0 aliphatic carbocycles. The van der Waals surface area contributed by atoms with E-state index < -0.39 is 11.6 Å². The molecule has 0 atom stereocenters. The maximum absolute atomic E-state index is 14.0. The van der Waals surface area contributed by atoms with Crippen molar-refractivity contribution in [1.29, 1.82) is 0 Å². The molecule has 144 valence electrons. The number of fused-ring (bicyclic) bond motifs is 1. The zero-order valence-electron chi connectivity index (χ0n) is 14.7. The van der Waals surface area contributed by atoms with Gasteiger partial charge in [0.25, 0.3) is 0 Å². The molecule has 5 nitrogen and oxygen atoms in total. The monoisotopic (exact) mass is 402 g/mol. The van der Waals surface area contributed by atoms with Crippen LogP contribution in [0.1, 0.15) is 11.3 Å². The van der Waals surface area contributed by atoms with Crippen molar-refractivity contribution in [2.45, 2.75) is 13.1 Å². The van der Waals surface area contributed by atoms with Crippen LogP contribution in [0.15, 0.2) is 59.2 Å². The Balaban J connectivity index is 1.55.